The summed E-state index contributed by atoms with van der Waals surface area (Å²) in [6, 6.07) is 7.03. The van der Waals surface area contributed by atoms with Gasteiger partial charge >= 0.3 is 0 Å². The molecule has 4 rings (SSSR count). The summed E-state index contributed by atoms with van der Waals surface area (Å²) >= 11 is 6.60. The molecule has 1 aromatic heterocycles. The number of aromatic nitrogens is 2. The lowest BCUT2D eigenvalue weighted by Crippen LogP contribution is -2.45. The van der Waals surface area contributed by atoms with Gasteiger partial charge in [-0.3, -0.25) is 9.59 Å². The van der Waals surface area contributed by atoms with Crippen molar-refractivity contribution in [1.29, 1.82) is 0 Å². The molecule has 0 radical (unpaired) electrons. The molecule has 2 amide bonds. The Bertz CT molecular complexity index is 1370. The highest BCUT2D eigenvalue weighted by Gasteiger charge is 2.27. The first kappa shape index (κ1) is 31.3. The molecule has 2 aromatic rings. The molecule has 3 heterocycles. The molecular formula is C32H42ClN7O2. The first-order valence-corrected chi connectivity index (χ1v) is 15.0. The molecule has 2 aliphatic rings. The summed E-state index contributed by atoms with van der Waals surface area (Å²) in [7, 11) is 3.88. The lowest BCUT2D eigenvalue weighted by Gasteiger charge is -2.33. The molecule has 0 saturated carbocycles. The van der Waals surface area contributed by atoms with Gasteiger partial charge in [0.25, 0.3) is 5.91 Å². The van der Waals surface area contributed by atoms with Crippen LogP contribution in [0.25, 0.3) is 5.57 Å². The molecule has 2 atom stereocenters. The van der Waals surface area contributed by atoms with Crippen LogP contribution in [0.1, 0.15) is 56.1 Å². The minimum absolute atomic E-state index is 0.0103. The van der Waals surface area contributed by atoms with Gasteiger partial charge in [0, 0.05) is 60.8 Å². The third-order valence-corrected chi connectivity index (χ3v) is 7.81. The van der Waals surface area contributed by atoms with E-state index in [9.17, 15) is 9.59 Å². The van der Waals surface area contributed by atoms with Gasteiger partial charge < -0.3 is 25.8 Å². The van der Waals surface area contributed by atoms with Gasteiger partial charge in [0.15, 0.2) is 0 Å². The molecule has 3 N–H and O–H groups in total. The predicted molar refractivity (Wildman–Crippen MR) is 170 cm³/mol. The van der Waals surface area contributed by atoms with Gasteiger partial charge in [-0.1, -0.05) is 44.0 Å². The summed E-state index contributed by atoms with van der Waals surface area (Å²) in [5.41, 5.74) is 5.24. The number of likely N-dealkylation sites (N-methyl/N-ethyl adjacent to an activating group) is 1. The molecule has 0 aliphatic carbocycles. The minimum Gasteiger partial charge on any atom is -0.384 e. The number of likely N-dealkylation sites (tertiary alicyclic amines) is 1. The number of anilines is 2. The van der Waals surface area contributed by atoms with Crippen molar-refractivity contribution >= 4 is 40.6 Å². The Labute approximate surface area is 254 Å². The number of carbonyl (C=O) groups excluding carboxylic acids is 2. The van der Waals surface area contributed by atoms with Crippen LogP contribution >= 0.6 is 11.6 Å². The molecule has 0 unspecified atom stereocenters. The quantitative estimate of drug-likeness (QED) is 0.326. The molecule has 224 valence electrons. The maximum Gasteiger partial charge on any atom is 0.253 e. The fourth-order valence-electron chi connectivity index (χ4n) is 5.09. The largest absolute Gasteiger partial charge is 0.384 e. The van der Waals surface area contributed by atoms with Crippen LogP contribution in [0.2, 0.25) is 5.02 Å². The zero-order valence-corrected chi connectivity index (χ0v) is 26.0. The van der Waals surface area contributed by atoms with E-state index in [0.717, 1.165) is 42.8 Å². The third-order valence-electron chi connectivity index (χ3n) is 7.53. The number of halogens is 1. The summed E-state index contributed by atoms with van der Waals surface area (Å²) in [4.78, 5) is 38.6. The second-order valence-electron chi connectivity index (χ2n) is 11.3. The Morgan fingerprint density at radius 1 is 1.26 bits per heavy atom. The average molecular weight is 592 g/mol. The van der Waals surface area contributed by atoms with Crippen LogP contribution in [-0.2, 0) is 4.79 Å². The molecule has 42 heavy (non-hydrogen) atoms. The van der Waals surface area contributed by atoms with Gasteiger partial charge in [-0.2, -0.15) is 0 Å². The molecular weight excluding hydrogens is 550 g/mol. The van der Waals surface area contributed by atoms with Gasteiger partial charge in [0.2, 0.25) is 11.9 Å². The van der Waals surface area contributed by atoms with Crippen LogP contribution < -0.4 is 16.0 Å². The SMILES string of the molecule is CC[C@H](C)/C=C1\CNC(C)=C1c1nc(N[C@H]2CCCN(C(=O)c3ccc(NC(=O)/C=C/CN(C)C)cc3)C2)ncc1Cl. The lowest BCUT2D eigenvalue weighted by atomic mass is 9.98. The zero-order chi connectivity index (χ0) is 30.2. The molecule has 10 heteroatoms. The first-order valence-electron chi connectivity index (χ1n) is 14.6. The van der Waals surface area contributed by atoms with Crippen LogP contribution in [-0.4, -0.2) is 77.9 Å². The van der Waals surface area contributed by atoms with Crippen molar-refractivity contribution in [3.63, 3.8) is 0 Å². The van der Waals surface area contributed by atoms with Crippen LogP contribution in [0.5, 0.6) is 0 Å². The number of rotatable bonds is 10. The predicted octanol–water partition coefficient (Wildman–Crippen LogP) is 5.21. The van der Waals surface area contributed by atoms with Crippen molar-refractivity contribution in [3.05, 3.63) is 76.2 Å². The Balaban J connectivity index is 1.40. The van der Waals surface area contributed by atoms with Gasteiger partial charge in [-0.05, 0) is 69.6 Å². The summed E-state index contributed by atoms with van der Waals surface area (Å²) in [6.07, 6.45) is 10.1. The second kappa shape index (κ2) is 14.5. The standard InChI is InChI=1S/C32H42ClN7O2/c1-6-21(2)17-24-18-34-22(3)29(24)30-27(33)19-35-32(38-30)37-26-9-7-16-40(20-26)31(42)23-11-13-25(14-12-23)36-28(41)10-8-15-39(4)5/h8,10-14,17,19,21,26,34H,6-7,9,15-16,18,20H2,1-5H3,(H,36,41)(H,35,37,38)/b10-8+,24-17+/t21-,26-/m0/s1. The van der Waals surface area contributed by atoms with Crippen molar-refractivity contribution < 1.29 is 9.59 Å². The van der Waals surface area contributed by atoms with E-state index in [0.29, 0.717) is 47.8 Å². The number of carbonyl (C=O) groups is 2. The molecule has 0 bridgehead atoms. The van der Waals surface area contributed by atoms with E-state index in [-0.39, 0.29) is 17.9 Å². The van der Waals surface area contributed by atoms with Gasteiger partial charge in [-0.25, -0.2) is 9.97 Å². The molecule has 1 fully saturated rings. The Morgan fingerprint density at radius 3 is 2.74 bits per heavy atom. The molecule has 1 aromatic carbocycles. The van der Waals surface area contributed by atoms with Crippen molar-refractivity contribution in [3.8, 4) is 0 Å². The topological polar surface area (TPSA) is 102 Å². The monoisotopic (exact) mass is 591 g/mol. The Kier molecular flexibility index (Phi) is 10.8. The van der Waals surface area contributed by atoms with Crippen LogP contribution in [0.15, 0.2) is 60.0 Å². The summed E-state index contributed by atoms with van der Waals surface area (Å²) in [5.74, 6) is 0.716. The number of hydrogen-bond donors (Lipinski definition) is 3. The van der Waals surface area contributed by atoms with Crippen molar-refractivity contribution in [2.24, 2.45) is 5.92 Å². The number of piperidine rings is 1. The average Bonchev–Trinajstić information content (AvgIpc) is 3.33. The maximum absolute atomic E-state index is 13.3. The number of hydrogen-bond acceptors (Lipinski definition) is 7. The fourth-order valence-corrected chi connectivity index (χ4v) is 5.27. The van der Waals surface area contributed by atoms with Crippen LogP contribution in [0, 0.1) is 5.92 Å². The molecule has 1 saturated heterocycles. The summed E-state index contributed by atoms with van der Waals surface area (Å²) in [6.45, 7) is 9.10. The first-order chi connectivity index (χ1) is 20.1. The number of nitrogens with one attached hydrogen (secondary N) is 3. The van der Waals surface area contributed by atoms with Crippen LogP contribution in [0.4, 0.5) is 11.6 Å². The summed E-state index contributed by atoms with van der Waals surface area (Å²) < 4.78 is 0. The highest BCUT2D eigenvalue weighted by atomic mass is 35.5. The van der Waals surface area contributed by atoms with Crippen molar-refractivity contribution in [1.82, 2.24) is 25.1 Å². The smallest absolute Gasteiger partial charge is 0.253 e. The Hall–Kier alpha value is -3.69. The Morgan fingerprint density at radius 2 is 2.02 bits per heavy atom. The highest BCUT2D eigenvalue weighted by Crippen LogP contribution is 2.34. The van der Waals surface area contributed by atoms with Gasteiger partial charge in [0.1, 0.15) is 0 Å². The zero-order valence-electron chi connectivity index (χ0n) is 25.2. The maximum atomic E-state index is 13.3. The van der Waals surface area contributed by atoms with Gasteiger partial charge in [-0.15, -0.1) is 0 Å². The van der Waals surface area contributed by atoms with E-state index in [1.165, 1.54) is 11.6 Å². The van der Waals surface area contributed by atoms with Crippen LogP contribution in [0.3, 0.4) is 0 Å². The van der Waals surface area contributed by atoms with Crippen molar-refractivity contribution in [2.75, 3.05) is 50.9 Å². The molecule has 9 nitrogen and oxygen atoms in total. The number of nitrogens with zero attached hydrogens (tertiary/aromatic N) is 4. The third kappa shape index (κ3) is 8.20. The van der Waals surface area contributed by atoms with Gasteiger partial charge in [0.05, 0.1) is 16.9 Å². The van der Waals surface area contributed by atoms with E-state index < -0.39 is 0 Å². The highest BCUT2D eigenvalue weighted by molar-refractivity contribution is 6.32. The lowest BCUT2D eigenvalue weighted by molar-refractivity contribution is -0.111. The second-order valence-corrected chi connectivity index (χ2v) is 11.7. The van der Waals surface area contributed by atoms with E-state index in [1.807, 2.05) is 30.8 Å². The number of amides is 2. The minimum atomic E-state index is -0.202. The normalized spacial score (nSPS) is 19.0. The summed E-state index contributed by atoms with van der Waals surface area (Å²) in [5, 5.41) is 10.2. The number of allylic oxidation sites excluding steroid dienone is 2. The molecule has 2 aliphatic heterocycles. The fraction of sp³-hybridized carbons (Fsp3) is 0.438. The number of benzene rings is 1. The molecule has 0 spiro atoms. The van der Waals surface area contributed by atoms with E-state index in [4.69, 9.17) is 16.6 Å². The van der Waals surface area contributed by atoms with Crippen molar-refractivity contribution in [2.45, 2.75) is 46.1 Å². The van der Waals surface area contributed by atoms with E-state index >= 15 is 0 Å². The van der Waals surface area contributed by atoms with E-state index in [2.05, 4.69) is 40.9 Å². The van der Waals surface area contributed by atoms with E-state index in [1.54, 1.807) is 36.5 Å².